The van der Waals surface area contributed by atoms with Gasteiger partial charge in [-0.1, -0.05) is 19.9 Å². The number of nitrogens with zero attached hydrogens (tertiary/aromatic N) is 1. The van der Waals surface area contributed by atoms with Gasteiger partial charge < -0.3 is 9.64 Å². The fraction of sp³-hybridized carbons (Fsp3) is 0.667. The normalized spacial score (nSPS) is 11.8. The van der Waals surface area contributed by atoms with Gasteiger partial charge in [-0.3, -0.25) is 4.79 Å². The van der Waals surface area contributed by atoms with Gasteiger partial charge in [0.25, 0.3) is 0 Å². The first-order valence-electron chi connectivity index (χ1n) is 5.45. The Morgan fingerprint density at radius 2 is 1.94 bits per heavy atom. The van der Waals surface area contributed by atoms with E-state index in [1.165, 1.54) is 4.90 Å². The first-order chi connectivity index (χ1) is 7.38. The van der Waals surface area contributed by atoms with E-state index in [2.05, 4.69) is 6.58 Å². The second-order valence-electron chi connectivity index (χ2n) is 4.09. The zero-order valence-electron chi connectivity index (χ0n) is 10.6. The van der Waals surface area contributed by atoms with Crippen LogP contribution in [0.5, 0.6) is 0 Å². The van der Waals surface area contributed by atoms with E-state index >= 15 is 0 Å². The molecule has 4 nitrogen and oxygen atoms in total. The minimum Gasteiger partial charge on any atom is -0.458 e. The molecule has 0 aromatic carbocycles. The molecule has 0 rings (SSSR count). The Kier molecular flexibility index (Phi) is 6.46. The third-order valence-electron chi connectivity index (χ3n) is 2.13. The second kappa shape index (κ2) is 7.04. The van der Waals surface area contributed by atoms with Crippen molar-refractivity contribution in [3.05, 3.63) is 12.2 Å². The lowest BCUT2D eigenvalue weighted by Crippen LogP contribution is -2.29. The van der Waals surface area contributed by atoms with E-state index in [-0.39, 0.29) is 18.4 Å². The van der Waals surface area contributed by atoms with E-state index in [1.54, 1.807) is 21.0 Å². The highest BCUT2D eigenvalue weighted by Gasteiger charge is 2.18. The van der Waals surface area contributed by atoms with Crippen LogP contribution in [-0.4, -0.2) is 37.0 Å². The van der Waals surface area contributed by atoms with Gasteiger partial charge in [0.15, 0.2) is 0 Å². The monoisotopic (exact) mass is 227 g/mol. The highest BCUT2D eigenvalue weighted by molar-refractivity contribution is 5.87. The summed E-state index contributed by atoms with van der Waals surface area (Å²) in [6.07, 6.45) is 1.46. The van der Waals surface area contributed by atoms with Crippen LogP contribution in [0, 0.1) is 0 Å². The molecule has 1 atom stereocenters. The largest absolute Gasteiger partial charge is 0.458 e. The smallest absolute Gasteiger partial charge is 0.333 e. The number of carbonyl (C=O) groups excluding carboxylic acids is 2. The van der Waals surface area contributed by atoms with E-state index in [0.717, 1.165) is 6.42 Å². The quantitative estimate of drug-likeness (QED) is 0.513. The molecule has 0 aliphatic heterocycles. The van der Waals surface area contributed by atoms with Crippen LogP contribution in [-0.2, 0) is 14.3 Å². The molecule has 0 aromatic heterocycles. The molecule has 0 radical (unpaired) electrons. The second-order valence-corrected chi connectivity index (χ2v) is 4.09. The van der Waals surface area contributed by atoms with Crippen molar-refractivity contribution in [1.29, 1.82) is 0 Å². The van der Waals surface area contributed by atoms with E-state index in [4.69, 9.17) is 4.74 Å². The lowest BCUT2D eigenvalue weighted by molar-refractivity contribution is -0.147. The third-order valence-corrected chi connectivity index (χ3v) is 2.13. The maximum Gasteiger partial charge on any atom is 0.333 e. The number of amides is 1. The van der Waals surface area contributed by atoms with Crippen molar-refractivity contribution in [3.63, 3.8) is 0 Å². The molecule has 1 unspecified atom stereocenters. The Morgan fingerprint density at radius 1 is 1.38 bits per heavy atom. The average Bonchev–Trinajstić information content (AvgIpc) is 2.17. The summed E-state index contributed by atoms with van der Waals surface area (Å²) in [6.45, 7) is 7.10. The summed E-state index contributed by atoms with van der Waals surface area (Å²) in [5, 5.41) is 0. The first-order valence-corrected chi connectivity index (χ1v) is 5.45. The number of hydrogen-bond acceptors (Lipinski definition) is 3. The fourth-order valence-electron chi connectivity index (χ4n) is 1.15. The van der Waals surface area contributed by atoms with Crippen LogP contribution >= 0.6 is 0 Å². The van der Waals surface area contributed by atoms with Gasteiger partial charge >= 0.3 is 5.97 Å². The van der Waals surface area contributed by atoms with Crippen LogP contribution in [0.25, 0.3) is 0 Å². The summed E-state index contributed by atoms with van der Waals surface area (Å²) in [4.78, 5) is 24.3. The van der Waals surface area contributed by atoms with Crippen LogP contribution < -0.4 is 0 Å². The number of hydrogen-bond donors (Lipinski definition) is 0. The van der Waals surface area contributed by atoms with Crippen molar-refractivity contribution in [2.75, 3.05) is 14.1 Å². The third kappa shape index (κ3) is 5.53. The molecule has 0 aromatic rings. The summed E-state index contributed by atoms with van der Waals surface area (Å²) in [7, 11) is 3.37. The van der Waals surface area contributed by atoms with Crippen LogP contribution in [0.2, 0.25) is 0 Å². The summed E-state index contributed by atoms with van der Waals surface area (Å²) < 4.78 is 5.19. The van der Waals surface area contributed by atoms with Crippen molar-refractivity contribution >= 4 is 11.9 Å². The Hall–Kier alpha value is -1.32. The van der Waals surface area contributed by atoms with Crippen molar-refractivity contribution < 1.29 is 14.3 Å². The summed E-state index contributed by atoms with van der Waals surface area (Å²) in [5.41, 5.74) is 0.360. The summed E-state index contributed by atoms with van der Waals surface area (Å²) in [5.74, 6) is -0.460. The molecule has 0 saturated heterocycles. The van der Waals surface area contributed by atoms with Gasteiger partial charge in [0.05, 0.1) is 6.42 Å². The van der Waals surface area contributed by atoms with Crippen LogP contribution in [0.3, 0.4) is 0 Å². The Balaban J connectivity index is 4.32. The predicted octanol–water partition coefficient (Wildman–Crippen LogP) is 1.75. The van der Waals surface area contributed by atoms with Gasteiger partial charge in [0.1, 0.15) is 6.10 Å². The van der Waals surface area contributed by atoms with E-state index < -0.39 is 5.97 Å². The maximum absolute atomic E-state index is 11.5. The van der Waals surface area contributed by atoms with Crippen molar-refractivity contribution in [2.24, 2.45) is 0 Å². The van der Waals surface area contributed by atoms with Crippen LogP contribution in [0.1, 0.15) is 33.1 Å². The number of esters is 1. The van der Waals surface area contributed by atoms with Gasteiger partial charge in [0.2, 0.25) is 5.91 Å². The number of ether oxygens (including phenoxy) is 1. The molecule has 0 fully saturated rings. The maximum atomic E-state index is 11.5. The Bertz CT molecular complexity index is 271. The summed E-state index contributed by atoms with van der Waals surface area (Å²) in [6, 6.07) is 0. The minimum atomic E-state index is -0.426. The first kappa shape index (κ1) is 14.7. The SMILES string of the molecule is C=C(C)C(=O)OC(CCC)CC(=O)N(C)C. The topological polar surface area (TPSA) is 46.6 Å². The van der Waals surface area contributed by atoms with Crippen molar-refractivity contribution in [2.45, 2.75) is 39.2 Å². The zero-order valence-corrected chi connectivity index (χ0v) is 10.6. The predicted molar refractivity (Wildman–Crippen MR) is 62.9 cm³/mol. The molecule has 0 N–H and O–H groups in total. The molecule has 0 saturated carbocycles. The standard InChI is InChI=1S/C12H21NO3/c1-6-7-10(8-11(14)13(4)5)16-12(15)9(2)3/h10H,2,6-8H2,1,3-5H3. The highest BCUT2D eigenvalue weighted by Crippen LogP contribution is 2.10. The van der Waals surface area contributed by atoms with Crippen LogP contribution in [0.15, 0.2) is 12.2 Å². The highest BCUT2D eigenvalue weighted by atomic mass is 16.5. The van der Waals surface area contributed by atoms with Crippen LogP contribution in [0.4, 0.5) is 0 Å². The van der Waals surface area contributed by atoms with Gasteiger partial charge in [-0.25, -0.2) is 4.79 Å². The average molecular weight is 227 g/mol. The lowest BCUT2D eigenvalue weighted by atomic mass is 10.1. The lowest BCUT2D eigenvalue weighted by Gasteiger charge is -2.19. The fourth-order valence-corrected chi connectivity index (χ4v) is 1.15. The minimum absolute atomic E-state index is 0.0343. The van der Waals surface area contributed by atoms with Gasteiger partial charge in [-0.2, -0.15) is 0 Å². The van der Waals surface area contributed by atoms with Gasteiger partial charge in [-0.05, 0) is 13.3 Å². The van der Waals surface area contributed by atoms with Crippen molar-refractivity contribution in [1.82, 2.24) is 4.90 Å². The molecule has 92 valence electrons. The molecule has 0 bridgehead atoms. The van der Waals surface area contributed by atoms with E-state index in [0.29, 0.717) is 12.0 Å². The zero-order chi connectivity index (χ0) is 12.7. The molecule has 16 heavy (non-hydrogen) atoms. The molecular weight excluding hydrogens is 206 g/mol. The molecule has 1 amide bonds. The molecule has 4 heteroatoms. The Labute approximate surface area is 97.3 Å². The summed E-state index contributed by atoms with van der Waals surface area (Å²) >= 11 is 0. The number of carbonyl (C=O) groups is 2. The Morgan fingerprint density at radius 3 is 2.31 bits per heavy atom. The van der Waals surface area contributed by atoms with E-state index in [9.17, 15) is 9.59 Å². The molecule has 0 aliphatic carbocycles. The number of rotatable bonds is 6. The van der Waals surface area contributed by atoms with Crippen molar-refractivity contribution in [3.8, 4) is 0 Å². The van der Waals surface area contributed by atoms with Gasteiger partial charge in [-0.15, -0.1) is 0 Å². The molecule has 0 aliphatic rings. The molecular formula is C12H21NO3. The van der Waals surface area contributed by atoms with E-state index in [1.807, 2.05) is 6.92 Å². The van der Waals surface area contributed by atoms with Gasteiger partial charge in [0, 0.05) is 19.7 Å². The molecule has 0 spiro atoms. The molecule has 0 heterocycles.